The first-order valence-electron chi connectivity index (χ1n) is 10.2. The number of carbonyl (C=O) groups excluding carboxylic acids is 4. The quantitative estimate of drug-likeness (QED) is 0.390. The van der Waals surface area contributed by atoms with Gasteiger partial charge in [0.05, 0.1) is 29.6 Å². The molecule has 0 saturated carbocycles. The Bertz CT molecular complexity index is 1210. The van der Waals surface area contributed by atoms with Gasteiger partial charge >= 0.3 is 11.9 Å². The summed E-state index contributed by atoms with van der Waals surface area (Å²) in [5.41, 5.74) is 2.52. The first kappa shape index (κ1) is 23.5. The van der Waals surface area contributed by atoms with E-state index in [-0.39, 0.29) is 29.1 Å². The summed E-state index contributed by atoms with van der Waals surface area (Å²) in [5.74, 6) is -2.24. The summed E-state index contributed by atoms with van der Waals surface area (Å²) in [6.07, 6.45) is 1.38. The number of H-pyrrole nitrogens is 1. The molecule has 0 spiro atoms. The summed E-state index contributed by atoms with van der Waals surface area (Å²) in [6.45, 7) is 6.35. The Morgan fingerprint density at radius 3 is 2.36 bits per heavy atom. The monoisotopic (exact) mass is 452 g/mol. The van der Waals surface area contributed by atoms with E-state index in [2.05, 4.69) is 10.3 Å². The Morgan fingerprint density at radius 2 is 1.70 bits per heavy atom. The van der Waals surface area contributed by atoms with Gasteiger partial charge in [-0.25, -0.2) is 9.59 Å². The van der Waals surface area contributed by atoms with E-state index in [0.717, 1.165) is 5.56 Å². The number of hydrogen-bond acceptors (Lipinski definition) is 7. The summed E-state index contributed by atoms with van der Waals surface area (Å²) < 4.78 is 15.3. The van der Waals surface area contributed by atoms with Crippen LogP contribution in [0.3, 0.4) is 0 Å². The van der Waals surface area contributed by atoms with Crippen molar-refractivity contribution in [3.63, 3.8) is 0 Å². The highest BCUT2D eigenvalue weighted by Gasteiger charge is 2.26. The van der Waals surface area contributed by atoms with Crippen LogP contribution in [0.4, 0.5) is 5.69 Å². The van der Waals surface area contributed by atoms with Gasteiger partial charge in [0.2, 0.25) is 5.78 Å². The van der Waals surface area contributed by atoms with Crippen LogP contribution in [-0.4, -0.2) is 41.8 Å². The van der Waals surface area contributed by atoms with Gasteiger partial charge in [0.1, 0.15) is 0 Å². The average Bonchev–Trinajstić information content (AvgIpc) is 3.41. The molecule has 0 fully saturated rings. The van der Waals surface area contributed by atoms with Gasteiger partial charge in [-0.05, 0) is 57.5 Å². The Morgan fingerprint density at radius 1 is 0.970 bits per heavy atom. The number of anilines is 1. The number of esters is 2. The normalized spacial score (nSPS) is 10.5. The van der Waals surface area contributed by atoms with Crippen LogP contribution in [0.25, 0.3) is 0 Å². The maximum atomic E-state index is 12.8. The van der Waals surface area contributed by atoms with E-state index in [4.69, 9.17) is 13.9 Å². The molecule has 9 heteroatoms. The zero-order chi connectivity index (χ0) is 24.1. The zero-order valence-corrected chi connectivity index (χ0v) is 18.7. The van der Waals surface area contributed by atoms with Crippen LogP contribution in [0.5, 0.6) is 0 Å². The summed E-state index contributed by atoms with van der Waals surface area (Å²) in [7, 11) is 0. The number of furan rings is 1. The molecule has 1 aromatic carbocycles. The number of carbonyl (C=O) groups is 4. The van der Waals surface area contributed by atoms with Gasteiger partial charge in [-0.15, -0.1) is 0 Å². The minimum atomic E-state index is -0.751. The third-order valence-corrected chi connectivity index (χ3v) is 4.93. The second kappa shape index (κ2) is 9.99. The molecular formula is C24H24N2O7. The summed E-state index contributed by atoms with van der Waals surface area (Å²) >= 11 is 0. The predicted octanol–water partition coefficient (Wildman–Crippen LogP) is 4.00. The summed E-state index contributed by atoms with van der Waals surface area (Å²) in [6, 6.07) is 7.74. The number of ketones is 1. The number of aromatic nitrogens is 1. The molecule has 0 radical (unpaired) electrons. The minimum absolute atomic E-state index is 0.127. The Balaban J connectivity index is 1.72. The molecule has 0 aliphatic heterocycles. The van der Waals surface area contributed by atoms with Crippen LogP contribution >= 0.6 is 0 Å². The fourth-order valence-electron chi connectivity index (χ4n) is 3.35. The van der Waals surface area contributed by atoms with Gasteiger partial charge in [-0.1, -0.05) is 6.07 Å². The van der Waals surface area contributed by atoms with Gasteiger partial charge < -0.3 is 24.2 Å². The van der Waals surface area contributed by atoms with E-state index in [1.54, 1.807) is 39.8 Å². The Labute approximate surface area is 190 Å². The lowest BCUT2D eigenvalue weighted by molar-refractivity contribution is 0.0472. The van der Waals surface area contributed by atoms with Crippen molar-refractivity contribution in [1.29, 1.82) is 0 Å². The molecule has 9 nitrogen and oxygen atoms in total. The van der Waals surface area contributed by atoms with Crippen molar-refractivity contribution in [2.24, 2.45) is 0 Å². The molecule has 3 aromatic rings. The molecular weight excluding hydrogens is 428 g/mol. The lowest BCUT2D eigenvalue weighted by atomic mass is 10.1. The van der Waals surface area contributed by atoms with E-state index in [9.17, 15) is 19.2 Å². The van der Waals surface area contributed by atoms with Crippen molar-refractivity contribution in [1.82, 2.24) is 4.98 Å². The van der Waals surface area contributed by atoms with E-state index in [0.29, 0.717) is 17.1 Å². The van der Waals surface area contributed by atoms with Crippen molar-refractivity contribution < 1.29 is 33.1 Å². The van der Waals surface area contributed by atoms with Crippen LogP contribution in [0, 0.1) is 20.8 Å². The van der Waals surface area contributed by atoms with Gasteiger partial charge in [0.15, 0.2) is 12.4 Å². The number of nitrogens with one attached hydrogen (secondary N) is 2. The molecule has 0 atom stereocenters. The molecule has 2 heterocycles. The highest BCUT2D eigenvalue weighted by Crippen LogP contribution is 2.22. The molecule has 2 aromatic heterocycles. The lowest BCUT2D eigenvalue weighted by Crippen LogP contribution is -2.18. The Hall–Kier alpha value is -4.14. The van der Waals surface area contributed by atoms with E-state index < -0.39 is 30.2 Å². The number of aromatic amines is 1. The van der Waals surface area contributed by atoms with Gasteiger partial charge in [-0.3, -0.25) is 9.59 Å². The average molecular weight is 452 g/mol. The van der Waals surface area contributed by atoms with Gasteiger partial charge in [0, 0.05) is 17.1 Å². The lowest BCUT2D eigenvalue weighted by Gasteiger charge is -2.10. The van der Waals surface area contributed by atoms with Crippen LogP contribution in [0.2, 0.25) is 0 Å². The summed E-state index contributed by atoms with van der Waals surface area (Å²) in [4.78, 5) is 52.8. The number of aryl methyl sites for hydroxylation is 3. The number of amides is 1. The predicted molar refractivity (Wildman–Crippen MR) is 119 cm³/mol. The van der Waals surface area contributed by atoms with E-state index in [1.165, 1.54) is 24.5 Å². The molecule has 0 aliphatic carbocycles. The second-order valence-corrected chi connectivity index (χ2v) is 7.31. The first-order valence-corrected chi connectivity index (χ1v) is 10.2. The van der Waals surface area contributed by atoms with Crippen molar-refractivity contribution in [2.45, 2.75) is 27.7 Å². The SMILES string of the molecule is CCOC(=O)c1c(C)[nH]c(C)c1C(=O)COC(=O)c1ccc(C)c(NC(=O)c2ccco2)c1. The molecule has 0 unspecified atom stereocenters. The fraction of sp³-hybridized carbons (Fsp3) is 0.250. The molecule has 1 amide bonds. The standard InChI is InChI=1S/C24H24N2O7/c1-5-31-24(30)21-15(4)25-14(3)20(21)18(27)12-33-23(29)16-9-8-13(2)17(11-16)26-22(28)19-7-6-10-32-19/h6-11,25H,5,12H2,1-4H3,(H,26,28). The van der Waals surface area contributed by atoms with Crippen LogP contribution in [-0.2, 0) is 9.47 Å². The van der Waals surface area contributed by atoms with Crippen LogP contribution < -0.4 is 5.32 Å². The van der Waals surface area contributed by atoms with Crippen molar-refractivity contribution >= 4 is 29.3 Å². The maximum Gasteiger partial charge on any atom is 0.340 e. The number of ether oxygens (including phenoxy) is 2. The largest absolute Gasteiger partial charge is 0.462 e. The highest BCUT2D eigenvalue weighted by molar-refractivity contribution is 6.09. The van der Waals surface area contributed by atoms with Crippen molar-refractivity contribution in [3.8, 4) is 0 Å². The van der Waals surface area contributed by atoms with Crippen molar-refractivity contribution in [2.75, 3.05) is 18.5 Å². The van der Waals surface area contributed by atoms with Crippen molar-refractivity contribution in [3.05, 3.63) is 76.0 Å². The topological polar surface area (TPSA) is 128 Å². The molecule has 172 valence electrons. The smallest absolute Gasteiger partial charge is 0.340 e. The van der Waals surface area contributed by atoms with Gasteiger partial charge in [-0.2, -0.15) is 0 Å². The molecule has 0 bridgehead atoms. The van der Waals surface area contributed by atoms with E-state index in [1.807, 2.05) is 0 Å². The van der Waals surface area contributed by atoms with Crippen LogP contribution in [0.15, 0.2) is 41.0 Å². The number of Topliss-reactive ketones (excluding diaryl/α,β-unsaturated/α-hetero) is 1. The maximum absolute atomic E-state index is 12.8. The van der Waals surface area contributed by atoms with Crippen LogP contribution in [0.1, 0.15) is 65.5 Å². The Kier molecular flexibility index (Phi) is 7.12. The zero-order valence-electron chi connectivity index (χ0n) is 18.7. The molecule has 3 rings (SSSR count). The first-order chi connectivity index (χ1) is 15.7. The van der Waals surface area contributed by atoms with E-state index >= 15 is 0 Å². The number of rotatable bonds is 8. The third kappa shape index (κ3) is 5.20. The number of benzene rings is 1. The third-order valence-electron chi connectivity index (χ3n) is 4.93. The summed E-state index contributed by atoms with van der Waals surface area (Å²) in [5, 5.41) is 2.68. The number of hydrogen-bond donors (Lipinski definition) is 2. The highest BCUT2D eigenvalue weighted by atomic mass is 16.5. The molecule has 0 saturated heterocycles. The molecule has 0 aliphatic rings. The second-order valence-electron chi connectivity index (χ2n) is 7.31. The minimum Gasteiger partial charge on any atom is -0.462 e. The fourth-order valence-corrected chi connectivity index (χ4v) is 3.35. The van der Waals surface area contributed by atoms with Gasteiger partial charge in [0.25, 0.3) is 5.91 Å². The molecule has 33 heavy (non-hydrogen) atoms. The molecule has 2 N–H and O–H groups in total.